The third-order valence-corrected chi connectivity index (χ3v) is 4.76. The van der Waals surface area contributed by atoms with Crippen LogP contribution in [0.25, 0.3) is 17.2 Å². The molecule has 1 heterocycles. The number of aliphatic hydroxyl groups excluding tert-OH is 1. The number of nitrogens with zero attached hydrogens (tertiary/aromatic N) is 1. The van der Waals surface area contributed by atoms with E-state index in [0.717, 1.165) is 0 Å². The van der Waals surface area contributed by atoms with Crippen molar-refractivity contribution in [3.63, 3.8) is 0 Å². The van der Waals surface area contributed by atoms with E-state index in [0.29, 0.717) is 33.8 Å². The van der Waals surface area contributed by atoms with E-state index in [-0.39, 0.29) is 24.8 Å². The van der Waals surface area contributed by atoms with Gasteiger partial charge in [-0.1, -0.05) is 38.1 Å². The fraction of sp³-hybridized carbons (Fsp3) is 0.375. The molecule has 7 nitrogen and oxygen atoms in total. The minimum atomic E-state index is -1.24. The molecular weight excluding hydrogens is 417 g/mol. The Morgan fingerprint density at radius 2 is 1.84 bits per heavy atom. The Balaban J connectivity index is 2.64. The minimum Gasteiger partial charge on any atom is -0.481 e. The van der Waals surface area contributed by atoms with Gasteiger partial charge in [0.2, 0.25) is 5.88 Å². The highest BCUT2D eigenvalue weighted by Gasteiger charge is 2.22. The first kappa shape index (κ1) is 25.2. The second-order valence-electron chi connectivity index (χ2n) is 7.61. The number of methoxy groups -OCH3 is 2. The van der Waals surface area contributed by atoms with Crippen molar-refractivity contribution < 1.29 is 33.7 Å². The van der Waals surface area contributed by atoms with Gasteiger partial charge in [0.25, 0.3) is 0 Å². The zero-order valence-corrected chi connectivity index (χ0v) is 18.6. The van der Waals surface area contributed by atoms with Crippen molar-refractivity contribution in [3.8, 4) is 17.0 Å². The Hall–Kier alpha value is -3.10. The Bertz CT molecular complexity index is 985. The summed E-state index contributed by atoms with van der Waals surface area (Å²) in [6, 6.07) is 5.97. The maximum atomic E-state index is 13.6. The number of carbonyl (C=O) groups excluding carboxylic acids is 1. The number of benzene rings is 1. The number of pyridine rings is 1. The molecule has 8 heteroatoms. The number of aliphatic carboxylic acids is 1. The van der Waals surface area contributed by atoms with E-state index in [1.807, 2.05) is 13.8 Å². The predicted octanol–water partition coefficient (Wildman–Crippen LogP) is 3.97. The number of carboxylic acids is 1. The van der Waals surface area contributed by atoms with Gasteiger partial charge in [0.05, 0.1) is 25.5 Å². The van der Waals surface area contributed by atoms with Crippen LogP contribution in [0.2, 0.25) is 0 Å². The van der Waals surface area contributed by atoms with Gasteiger partial charge in [0, 0.05) is 30.2 Å². The Kier molecular flexibility index (Phi) is 9.04. The molecule has 0 aliphatic carbocycles. The van der Waals surface area contributed by atoms with Gasteiger partial charge in [0.1, 0.15) is 18.0 Å². The number of rotatable bonds is 11. The monoisotopic (exact) mass is 445 g/mol. The highest BCUT2D eigenvalue weighted by atomic mass is 19.1. The van der Waals surface area contributed by atoms with Crippen molar-refractivity contribution in [1.29, 1.82) is 0 Å². The number of aromatic nitrogens is 1. The zero-order chi connectivity index (χ0) is 23.8. The lowest BCUT2D eigenvalue weighted by atomic mass is 9.90. The topological polar surface area (TPSA) is 106 Å². The van der Waals surface area contributed by atoms with E-state index < -0.39 is 24.3 Å². The van der Waals surface area contributed by atoms with Gasteiger partial charge in [0.15, 0.2) is 0 Å². The molecule has 0 fully saturated rings. The number of ether oxygens (including phenoxy) is 2. The van der Waals surface area contributed by atoms with Crippen LogP contribution < -0.4 is 4.74 Å². The Morgan fingerprint density at radius 3 is 2.38 bits per heavy atom. The van der Waals surface area contributed by atoms with Crippen LogP contribution >= 0.6 is 0 Å². The zero-order valence-electron chi connectivity index (χ0n) is 18.6. The summed E-state index contributed by atoms with van der Waals surface area (Å²) in [6.07, 6.45) is 0.943. The Labute approximate surface area is 186 Å². The van der Waals surface area contributed by atoms with Crippen LogP contribution in [0.15, 0.2) is 30.3 Å². The van der Waals surface area contributed by atoms with Gasteiger partial charge < -0.3 is 19.7 Å². The number of Topliss-reactive ketones (excluding diaryl/α,β-unsaturated/α-hetero) is 1. The molecule has 0 bridgehead atoms. The van der Waals surface area contributed by atoms with Crippen LogP contribution in [0.1, 0.15) is 49.4 Å². The summed E-state index contributed by atoms with van der Waals surface area (Å²) in [7, 11) is 3.05. The van der Waals surface area contributed by atoms with Gasteiger partial charge in [-0.25, -0.2) is 9.37 Å². The van der Waals surface area contributed by atoms with Crippen molar-refractivity contribution in [1.82, 2.24) is 4.98 Å². The van der Waals surface area contributed by atoms with E-state index in [1.165, 1.54) is 32.4 Å². The van der Waals surface area contributed by atoms with Crippen molar-refractivity contribution in [2.45, 2.75) is 45.3 Å². The average molecular weight is 445 g/mol. The summed E-state index contributed by atoms with van der Waals surface area (Å²) in [6.45, 7) is 4.09. The molecule has 2 rings (SSSR count). The third kappa shape index (κ3) is 6.45. The summed E-state index contributed by atoms with van der Waals surface area (Å²) in [5.41, 5.74) is 3.42. The van der Waals surface area contributed by atoms with Crippen LogP contribution in [-0.4, -0.2) is 47.3 Å². The highest BCUT2D eigenvalue weighted by Crippen LogP contribution is 2.38. The first-order valence-electron chi connectivity index (χ1n) is 10.1. The molecule has 1 unspecified atom stereocenters. The fourth-order valence-corrected chi connectivity index (χ4v) is 3.39. The fourth-order valence-electron chi connectivity index (χ4n) is 3.39. The van der Waals surface area contributed by atoms with Crippen LogP contribution in [-0.2, 0) is 20.9 Å². The molecule has 0 spiro atoms. The summed E-state index contributed by atoms with van der Waals surface area (Å²) >= 11 is 0. The van der Waals surface area contributed by atoms with Crippen LogP contribution in [0.3, 0.4) is 0 Å². The molecular formula is C24H28FNO6. The summed E-state index contributed by atoms with van der Waals surface area (Å²) < 4.78 is 24.5. The lowest BCUT2D eigenvalue weighted by molar-refractivity contribution is -0.140. The number of ketones is 1. The molecule has 2 aromatic rings. The molecule has 0 aliphatic rings. The summed E-state index contributed by atoms with van der Waals surface area (Å²) in [4.78, 5) is 27.1. The van der Waals surface area contributed by atoms with Crippen molar-refractivity contribution in [3.05, 3.63) is 53.0 Å². The molecule has 1 aromatic carbocycles. The van der Waals surface area contributed by atoms with E-state index in [9.17, 15) is 19.1 Å². The largest absolute Gasteiger partial charge is 0.481 e. The predicted molar refractivity (Wildman–Crippen MR) is 118 cm³/mol. The molecule has 0 saturated carbocycles. The van der Waals surface area contributed by atoms with E-state index in [4.69, 9.17) is 14.6 Å². The SMILES string of the molecule is COCc1c(OC)nc(C(C)C)c(/C=C/C(O)CC(=O)CC(=O)O)c1-c1ccc(F)cc1. The smallest absolute Gasteiger partial charge is 0.310 e. The summed E-state index contributed by atoms with van der Waals surface area (Å²) in [5.74, 6) is -1.84. The van der Waals surface area contributed by atoms with Gasteiger partial charge >= 0.3 is 5.97 Å². The Morgan fingerprint density at radius 1 is 1.19 bits per heavy atom. The number of hydrogen-bond donors (Lipinski definition) is 2. The van der Waals surface area contributed by atoms with E-state index in [1.54, 1.807) is 18.2 Å². The van der Waals surface area contributed by atoms with Crippen molar-refractivity contribution in [2.24, 2.45) is 0 Å². The van der Waals surface area contributed by atoms with Crippen molar-refractivity contribution in [2.75, 3.05) is 14.2 Å². The number of aliphatic hydroxyl groups is 1. The van der Waals surface area contributed by atoms with Crippen LogP contribution in [0.5, 0.6) is 5.88 Å². The van der Waals surface area contributed by atoms with Crippen LogP contribution in [0.4, 0.5) is 4.39 Å². The normalized spacial score (nSPS) is 12.3. The highest BCUT2D eigenvalue weighted by molar-refractivity contribution is 5.95. The molecule has 0 amide bonds. The second kappa shape index (κ2) is 11.5. The standard InChI is InChI=1S/C24H28FNO6/c1-14(2)23-19(10-9-17(27)11-18(28)12-21(29)30)22(15-5-7-16(25)8-6-15)20(13-31-3)24(26-23)32-4/h5-10,14,17,27H,11-13H2,1-4H3,(H,29,30)/b10-9+. The lowest BCUT2D eigenvalue weighted by Gasteiger charge is -2.21. The van der Waals surface area contributed by atoms with Gasteiger partial charge in [-0.2, -0.15) is 0 Å². The van der Waals surface area contributed by atoms with Crippen LogP contribution in [0, 0.1) is 5.82 Å². The maximum Gasteiger partial charge on any atom is 0.310 e. The van der Waals surface area contributed by atoms with Crippen molar-refractivity contribution >= 4 is 17.8 Å². The lowest BCUT2D eigenvalue weighted by Crippen LogP contribution is -2.14. The van der Waals surface area contributed by atoms with E-state index in [2.05, 4.69) is 4.98 Å². The molecule has 0 aliphatic heterocycles. The quantitative estimate of drug-likeness (QED) is 0.504. The number of carboxylic acid groups (broad SMARTS) is 1. The molecule has 0 radical (unpaired) electrons. The van der Waals surface area contributed by atoms with Gasteiger partial charge in [-0.05, 0) is 23.6 Å². The number of hydrogen-bond acceptors (Lipinski definition) is 6. The number of halogens is 1. The second-order valence-corrected chi connectivity index (χ2v) is 7.61. The first-order chi connectivity index (χ1) is 15.2. The minimum absolute atomic E-state index is 0.0230. The molecule has 1 aromatic heterocycles. The van der Waals surface area contributed by atoms with Gasteiger partial charge in [-0.3, -0.25) is 9.59 Å². The molecule has 32 heavy (non-hydrogen) atoms. The average Bonchev–Trinajstić information content (AvgIpc) is 2.72. The summed E-state index contributed by atoms with van der Waals surface area (Å²) in [5, 5.41) is 19.0. The molecule has 2 N–H and O–H groups in total. The maximum absolute atomic E-state index is 13.6. The molecule has 0 saturated heterocycles. The number of carbonyl (C=O) groups is 2. The van der Waals surface area contributed by atoms with Gasteiger partial charge in [-0.15, -0.1) is 0 Å². The van der Waals surface area contributed by atoms with E-state index >= 15 is 0 Å². The first-order valence-corrected chi connectivity index (χ1v) is 10.1. The third-order valence-electron chi connectivity index (χ3n) is 4.76. The molecule has 1 atom stereocenters. The molecule has 172 valence electrons.